The molecule has 1 aliphatic heterocycles. The van der Waals surface area contributed by atoms with Gasteiger partial charge in [-0.1, -0.05) is 17.7 Å². The summed E-state index contributed by atoms with van der Waals surface area (Å²) in [4.78, 5) is 12.3. The van der Waals surface area contributed by atoms with Crippen LogP contribution in [0.4, 0.5) is 5.69 Å². The Morgan fingerprint density at radius 3 is 2.77 bits per heavy atom. The quantitative estimate of drug-likeness (QED) is 0.776. The molecule has 7 heteroatoms. The second-order valence-electron chi connectivity index (χ2n) is 4.97. The van der Waals surface area contributed by atoms with Gasteiger partial charge in [-0.15, -0.1) is 12.4 Å². The van der Waals surface area contributed by atoms with Crippen molar-refractivity contribution in [3.63, 3.8) is 0 Å². The van der Waals surface area contributed by atoms with Crippen molar-refractivity contribution in [2.45, 2.75) is 12.8 Å². The van der Waals surface area contributed by atoms with Gasteiger partial charge in [0.15, 0.2) is 5.75 Å². The normalized spacial score (nSPS) is 15.0. The maximum Gasteiger partial charge on any atom is 0.227 e. The fourth-order valence-corrected chi connectivity index (χ4v) is 2.53. The lowest BCUT2D eigenvalue weighted by Gasteiger charge is -2.22. The molecule has 1 saturated heterocycles. The molecule has 2 N–H and O–H groups in total. The zero-order valence-corrected chi connectivity index (χ0v) is 14.1. The highest BCUT2D eigenvalue weighted by molar-refractivity contribution is 6.32. The van der Waals surface area contributed by atoms with Gasteiger partial charge in [-0.05, 0) is 38.1 Å². The summed E-state index contributed by atoms with van der Waals surface area (Å²) in [5.41, 5.74) is 0.613. The van der Waals surface area contributed by atoms with Gasteiger partial charge in [0.25, 0.3) is 0 Å². The molecule has 1 fully saturated rings. The molecule has 0 aromatic heterocycles. The highest BCUT2D eigenvalue weighted by Crippen LogP contribution is 2.33. The van der Waals surface area contributed by atoms with Crippen LogP contribution in [0.3, 0.4) is 0 Å². The highest BCUT2D eigenvalue weighted by Gasteiger charge is 2.22. The number of hydrogen-bond donors (Lipinski definition) is 2. The van der Waals surface area contributed by atoms with Gasteiger partial charge in [-0.2, -0.15) is 0 Å². The molecule has 0 spiro atoms. The van der Waals surface area contributed by atoms with Gasteiger partial charge < -0.3 is 20.1 Å². The summed E-state index contributed by atoms with van der Waals surface area (Å²) < 4.78 is 10.6. The van der Waals surface area contributed by atoms with Crippen molar-refractivity contribution in [2.75, 3.05) is 38.7 Å². The first-order valence-electron chi connectivity index (χ1n) is 7.14. The van der Waals surface area contributed by atoms with E-state index in [4.69, 9.17) is 21.1 Å². The van der Waals surface area contributed by atoms with Gasteiger partial charge in [0.1, 0.15) is 6.61 Å². The van der Waals surface area contributed by atoms with Crippen molar-refractivity contribution in [2.24, 2.45) is 5.92 Å². The number of para-hydroxylation sites is 1. The number of carbonyl (C=O) groups excluding carboxylic acids is 1. The first kappa shape index (κ1) is 19.0. The average Bonchev–Trinajstić information content (AvgIpc) is 2.51. The number of carbonyl (C=O) groups is 1. The molecule has 0 radical (unpaired) electrons. The van der Waals surface area contributed by atoms with E-state index in [0.29, 0.717) is 29.7 Å². The zero-order chi connectivity index (χ0) is 15.1. The van der Waals surface area contributed by atoms with Gasteiger partial charge in [-0.25, -0.2) is 0 Å². The lowest BCUT2D eigenvalue weighted by atomic mass is 9.97. The number of anilines is 1. The Morgan fingerprint density at radius 2 is 2.09 bits per heavy atom. The van der Waals surface area contributed by atoms with E-state index in [2.05, 4.69) is 10.6 Å². The van der Waals surface area contributed by atoms with E-state index in [0.717, 1.165) is 25.9 Å². The molecule has 1 aliphatic rings. The minimum atomic E-state index is 0. The van der Waals surface area contributed by atoms with E-state index in [1.54, 1.807) is 25.3 Å². The summed E-state index contributed by atoms with van der Waals surface area (Å²) in [5.74, 6) is 0.561. The van der Waals surface area contributed by atoms with E-state index in [-0.39, 0.29) is 24.2 Å². The lowest BCUT2D eigenvalue weighted by molar-refractivity contribution is -0.120. The molecule has 1 heterocycles. The molecule has 0 saturated carbocycles. The molecule has 5 nitrogen and oxygen atoms in total. The van der Waals surface area contributed by atoms with Crippen LogP contribution in [0.5, 0.6) is 5.75 Å². The van der Waals surface area contributed by atoms with Crippen molar-refractivity contribution in [3.8, 4) is 5.75 Å². The standard InChI is InChI=1S/C15H21ClN2O3.ClH/c1-20-9-10-21-14-12(16)3-2-4-13(14)18-15(19)11-5-7-17-8-6-11;/h2-4,11,17H,5-10H2,1H3,(H,18,19);1H. The molecule has 2 rings (SSSR count). The van der Waals surface area contributed by atoms with Crippen molar-refractivity contribution >= 4 is 35.6 Å². The minimum absolute atomic E-state index is 0. The third-order valence-corrected chi connectivity index (χ3v) is 3.77. The van der Waals surface area contributed by atoms with Crippen molar-refractivity contribution in [1.82, 2.24) is 5.32 Å². The Morgan fingerprint density at radius 1 is 1.36 bits per heavy atom. The summed E-state index contributed by atoms with van der Waals surface area (Å²) in [7, 11) is 1.61. The zero-order valence-electron chi connectivity index (χ0n) is 12.6. The van der Waals surface area contributed by atoms with Crippen molar-refractivity contribution < 1.29 is 14.3 Å². The maximum atomic E-state index is 12.3. The number of amides is 1. The largest absolute Gasteiger partial charge is 0.487 e. The molecule has 1 amide bonds. The topological polar surface area (TPSA) is 59.6 Å². The van der Waals surface area contributed by atoms with Gasteiger partial charge in [0, 0.05) is 13.0 Å². The molecule has 0 unspecified atom stereocenters. The Hall–Kier alpha value is -1.01. The van der Waals surface area contributed by atoms with Crippen LogP contribution in [-0.4, -0.2) is 39.3 Å². The molecular formula is C15H22Cl2N2O3. The fourth-order valence-electron chi connectivity index (χ4n) is 2.30. The smallest absolute Gasteiger partial charge is 0.227 e. The number of piperidine rings is 1. The number of rotatable bonds is 6. The fraction of sp³-hybridized carbons (Fsp3) is 0.533. The van der Waals surface area contributed by atoms with Gasteiger partial charge in [-0.3, -0.25) is 4.79 Å². The van der Waals surface area contributed by atoms with Gasteiger partial charge in [0.2, 0.25) is 5.91 Å². The molecular weight excluding hydrogens is 327 g/mol. The lowest BCUT2D eigenvalue weighted by Crippen LogP contribution is -2.34. The summed E-state index contributed by atoms with van der Waals surface area (Å²) in [6.07, 6.45) is 1.71. The summed E-state index contributed by atoms with van der Waals surface area (Å²) in [6, 6.07) is 5.33. The van der Waals surface area contributed by atoms with Crippen LogP contribution < -0.4 is 15.4 Å². The Labute approximate surface area is 142 Å². The Balaban J connectivity index is 0.00000242. The number of nitrogens with one attached hydrogen (secondary N) is 2. The van der Waals surface area contributed by atoms with Crippen molar-refractivity contribution in [3.05, 3.63) is 23.2 Å². The molecule has 124 valence electrons. The molecule has 1 aromatic rings. The van der Waals surface area contributed by atoms with E-state index in [9.17, 15) is 4.79 Å². The molecule has 22 heavy (non-hydrogen) atoms. The first-order valence-corrected chi connectivity index (χ1v) is 7.52. The molecule has 0 bridgehead atoms. The van der Waals surface area contributed by atoms with Crippen molar-refractivity contribution in [1.29, 1.82) is 0 Å². The van der Waals surface area contributed by atoms with E-state index in [1.165, 1.54) is 0 Å². The summed E-state index contributed by atoms with van der Waals surface area (Å²) >= 11 is 6.15. The van der Waals surface area contributed by atoms with Crippen LogP contribution in [0.25, 0.3) is 0 Å². The predicted molar refractivity (Wildman–Crippen MR) is 90.3 cm³/mol. The number of hydrogen-bond acceptors (Lipinski definition) is 4. The monoisotopic (exact) mass is 348 g/mol. The van der Waals surface area contributed by atoms with Gasteiger partial charge in [0.05, 0.1) is 17.3 Å². The average molecular weight is 349 g/mol. The van der Waals surface area contributed by atoms with E-state index < -0.39 is 0 Å². The second kappa shape index (κ2) is 9.90. The number of ether oxygens (including phenoxy) is 2. The predicted octanol–water partition coefficient (Wildman–Crippen LogP) is 2.73. The Bertz CT molecular complexity index is 480. The van der Waals surface area contributed by atoms with E-state index >= 15 is 0 Å². The first-order chi connectivity index (χ1) is 10.2. The Kier molecular flexibility index (Phi) is 8.56. The SMILES string of the molecule is COCCOc1c(Cl)cccc1NC(=O)C1CCNCC1.Cl. The van der Waals surface area contributed by atoms with Crippen LogP contribution in [0.2, 0.25) is 5.02 Å². The minimum Gasteiger partial charge on any atom is -0.487 e. The molecule has 1 aromatic carbocycles. The third-order valence-electron chi connectivity index (χ3n) is 3.47. The van der Waals surface area contributed by atoms with Crippen LogP contribution in [0.15, 0.2) is 18.2 Å². The van der Waals surface area contributed by atoms with Crippen LogP contribution in [-0.2, 0) is 9.53 Å². The number of halogens is 2. The third kappa shape index (κ3) is 5.32. The summed E-state index contributed by atoms with van der Waals surface area (Å²) in [5, 5.41) is 6.66. The van der Waals surface area contributed by atoms with Crippen LogP contribution >= 0.6 is 24.0 Å². The van der Waals surface area contributed by atoms with Crippen LogP contribution in [0, 0.1) is 5.92 Å². The molecule has 0 atom stereocenters. The summed E-state index contributed by atoms with van der Waals surface area (Å²) in [6.45, 7) is 2.61. The number of methoxy groups -OCH3 is 1. The molecule has 0 aliphatic carbocycles. The maximum absolute atomic E-state index is 12.3. The second-order valence-corrected chi connectivity index (χ2v) is 5.38. The highest BCUT2D eigenvalue weighted by atomic mass is 35.5. The number of benzene rings is 1. The van der Waals surface area contributed by atoms with Gasteiger partial charge >= 0.3 is 0 Å². The van der Waals surface area contributed by atoms with Crippen LogP contribution in [0.1, 0.15) is 12.8 Å². The van der Waals surface area contributed by atoms with E-state index in [1.807, 2.05) is 0 Å².